The van der Waals surface area contributed by atoms with Crippen LogP contribution in [0.15, 0.2) is 65.6 Å². The van der Waals surface area contributed by atoms with Gasteiger partial charge in [-0.3, -0.25) is 13.8 Å². The summed E-state index contributed by atoms with van der Waals surface area (Å²) in [6.45, 7) is 4.06. The number of hydrogen-bond donors (Lipinski definition) is 0. The summed E-state index contributed by atoms with van der Waals surface area (Å²) in [5.41, 5.74) is 3.33. The molecule has 0 aliphatic carbocycles. The maximum absolute atomic E-state index is 13.3. The Hall–Kier alpha value is -3.51. The first kappa shape index (κ1) is 17.6. The Morgan fingerprint density at radius 1 is 0.931 bits per heavy atom. The Morgan fingerprint density at radius 2 is 1.69 bits per heavy atom. The zero-order chi connectivity index (χ0) is 20.0. The van der Waals surface area contributed by atoms with Crippen LogP contribution >= 0.6 is 11.3 Å². The number of imidazole rings is 1. The van der Waals surface area contributed by atoms with E-state index < -0.39 is 0 Å². The number of para-hydroxylation sites is 2. The number of fused-ring (bicyclic) bond motifs is 2. The number of thiazole rings is 1. The third-order valence-corrected chi connectivity index (χ3v) is 5.77. The highest BCUT2D eigenvalue weighted by Gasteiger charge is 2.12. The molecule has 2 aromatic carbocycles. The van der Waals surface area contributed by atoms with E-state index in [4.69, 9.17) is 4.98 Å². The molecule has 0 spiro atoms. The van der Waals surface area contributed by atoms with Gasteiger partial charge in [0.15, 0.2) is 4.96 Å². The maximum atomic E-state index is 13.3. The van der Waals surface area contributed by atoms with E-state index in [1.54, 1.807) is 15.9 Å². The van der Waals surface area contributed by atoms with Crippen LogP contribution in [-0.2, 0) is 0 Å². The number of aryl methyl sites for hydroxylation is 2. The van der Waals surface area contributed by atoms with Crippen molar-refractivity contribution in [1.82, 2.24) is 18.9 Å². The van der Waals surface area contributed by atoms with Crippen molar-refractivity contribution in [1.29, 1.82) is 0 Å². The fourth-order valence-corrected chi connectivity index (χ4v) is 4.40. The van der Waals surface area contributed by atoms with Gasteiger partial charge in [0, 0.05) is 11.1 Å². The largest absolute Gasteiger partial charge is 0.290 e. The summed E-state index contributed by atoms with van der Waals surface area (Å²) >= 11 is 1.66. The first-order valence-electron chi connectivity index (χ1n) is 9.32. The van der Waals surface area contributed by atoms with Crippen molar-refractivity contribution in [3.63, 3.8) is 0 Å². The lowest BCUT2D eigenvalue weighted by Crippen LogP contribution is -2.22. The monoisotopic (exact) mass is 398 g/mol. The molecule has 5 nitrogen and oxygen atoms in total. The maximum Gasteiger partial charge on any atom is 0.266 e. The van der Waals surface area contributed by atoms with Gasteiger partial charge in [0.2, 0.25) is 0 Å². The molecule has 3 heterocycles. The van der Waals surface area contributed by atoms with E-state index in [1.165, 1.54) is 4.88 Å². The van der Waals surface area contributed by atoms with E-state index in [9.17, 15) is 4.79 Å². The van der Waals surface area contributed by atoms with Gasteiger partial charge in [-0.15, -0.1) is 11.3 Å². The van der Waals surface area contributed by atoms with Crippen molar-refractivity contribution in [2.24, 2.45) is 0 Å². The third-order valence-electron chi connectivity index (χ3n) is 4.87. The molecule has 0 aliphatic rings. The number of nitrogens with zero attached hydrogens (tertiary/aromatic N) is 4. The molecule has 0 amide bonds. The van der Waals surface area contributed by atoms with Gasteiger partial charge in [0.1, 0.15) is 5.82 Å². The van der Waals surface area contributed by atoms with Gasteiger partial charge in [-0.25, -0.2) is 9.97 Å². The van der Waals surface area contributed by atoms with Gasteiger partial charge >= 0.3 is 0 Å². The van der Waals surface area contributed by atoms with Crippen LogP contribution in [-0.4, -0.2) is 18.9 Å². The van der Waals surface area contributed by atoms with Crippen molar-refractivity contribution in [2.75, 3.05) is 0 Å². The second kappa shape index (κ2) is 6.83. The van der Waals surface area contributed by atoms with Crippen molar-refractivity contribution < 1.29 is 0 Å². The second-order valence-electron chi connectivity index (χ2n) is 6.87. The summed E-state index contributed by atoms with van der Waals surface area (Å²) in [6, 6.07) is 17.1. The SMILES string of the molecule is Cc1cn2c(/C=C/c3nc4ccccc4c(=O)n3-c3ccccc3)c(C)nc2s1. The number of benzene rings is 2. The number of aromatic nitrogens is 4. The lowest BCUT2D eigenvalue weighted by molar-refractivity contribution is 0.944. The molecule has 142 valence electrons. The number of rotatable bonds is 3. The molecule has 29 heavy (non-hydrogen) atoms. The molecule has 0 fully saturated rings. The van der Waals surface area contributed by atoms with Crippen LogP contribution in [0, 0.1) is 13.8 Å². The topological polar surface area (TPSA) is 52.2 Å². The molecule has 0 unspecified atom stereocenters. The normalized spacial score (nSPS) is 11.8. The summed E-state index contributed by atoms with van der Waals surface area (Å²) in [5.74, 6) is 0.584. The Labute approximate surface area is 171 Å². The molecule has 3 aromatic heterocycles. The van der Waals surface area contributed by atoms with Crippen LogP contribution in [0.4, 0.5) is 0 Å². The van der Waals surface area contributed by atoms with Crippen molar-refractivity contribution in [3.05, 3.63) is 93.2 Å². The first-order chi connectivity index (χ1) is 14.1. The fraction of sp³-hybridized carbons (Fsp3) is 0.0870. The minimum atomic E-state index is -0.0806. The standard InChI is InChI=1S/C23H18N4OS/c1-15-14-26-20(16(2)24-23(26)29-15)12-13-21-25-19-11-7-6-10-18(19)22(28)27(21)17-8-4-3-5-9-17/h3-14H,1-2H3/b13-12+. The van der Waals surface area contributed by atoms with Crippen LogP contribution in [0.5, 0.6) is 0 Å². The molecule has 5 aromatic rings. The van der Waals surface area contributed by atoms with Gasteiger partial charge in [0.25, 0.3) is 5.56 Å². The molecule has 5 rings (SSSR count). The minimum absolute atomic E-state index is 0.0806. The lowest BCUT2D eigenvalue weighted by atomic mass is 10.2. The predicted molar refractivity (Wildman–Crippen MR) is 119 cm³/mol. The molecule has 0 saturated heterocycles. The van der Waals surface area contributed by atoms with Gasteiger partial charge in [0.05, 0.1) is 28.0 Å². The smallest absolute Gasteiger partial charge is 0.266 e. The highest BCUT2D eigenvalue weighted by atomic mass is 32.1. The summed E-state index contributed by atoms with van der Waals surface area (Å²) < 4.78 is 3.74. The van der Waals surface area contributed by atoms with E-state index in [-0.39, 0.29) is 5.56 Å². The Morgan fingerprint density at radius 3 is 2.52 bits per heavy atom. The quantitative estimate of drug-likeness (QED) is 0.435. The van der Waals surface area contributed by atoms with E-state index in [0.29, 0.717) is 16.7 Å². The second-order valence-corrected chi connectivity index (χ2v) is 8.09. The summed E-state index contributed by atoms with van der Waals surface area (Å²) in [4.78, 5) is 24.8. The van der Waals surface area contributed by atoms with Gasteiger partial charge < -0.3 is 0 Å². The highest BCUT2D eigenvalue weighted by molar-refractivity contribution is 7.17. The molecular weight excluding hydrogens is 380 g/mol. The molecule has 0 atom stereocenters. The van der Waals surface area contributed by atoms with E-state index in [2.05, 4.69) is 22.5 Å². The average molecular weight is 398 g/mol. The molecule has 0 aliphatic heterocycles. The molecule has 0 N–H and O–H groups in total. The average Bonchev–Trinajstić information content (AvgIpc) is 3.21. The van der Waals surface area contributed by atoms with Crippen LogP contribution < -0.4 is 5.56 Å². The summed E-state index contributed by atoms with van der Waals surface area (Å²) in [7, 11) is 0. The van der Waals surface area contributed by atoms with E-state index in [1.807, 2.05) is 73.7 Å². The van der Waals surface area contributed by atoms with Crippen LogP contribution in [0.3, 0.4) is 0 Å². The predicted octanol–water partition coefficient (Wildman–Crippen LogP) is 4.88. The zero-order valence-corrected chi connectivity index (χ0v) is 16.9. The van der Waals surface area contributed by atoms with Crippen LogP contribution in [0.1, 0.15) is 22.1 Å². The summed E-state index contributed by atoms with van der Waals surface area (Å²) in [5, 5.41) is 0.602. The Bertz CT molecular complexity index is 1440. The molecule has 0 bridgehead atoms. The molecule has 0 radical (unpaired) electrons. The Kier molecular flexibility index (Phi) is 4.14. The molecule has 6 heteroatoms. The van der Waals surface area contributed by atoms with Crippen molar-refractivity contribution in [3.8, 4) is 5.69 Å². The van der Waals surface area contributed by atoms with Gasteiger partial charge in [-0.1, -0.05) is 30.3 Å². The highest BCUT2D eigenvalue weighted by Crippen LogP contribution is 2.22. The first-order valence-corrected chi connectivity index (χ1v) is 10.1. The van der Waals surface area contributed by atoms with E-state index >= 15 is 0 Å². The fourth-order valence-electron chi connectivity index (χ4n) is 3.52. The van der Waals surface area contributed by atoms with Gasteiger partial charge in [-0.05, 0) is 50.3 Å². The molecule has 0 saturated carbocycles. The minimum Gasteiger partial charge on any atom is -0.290 e. The van der Waals surface area contributed by atoms with Crippen molar-refractivity contribution >= 4 is 39.4 Å². The summed E-state index contributed by atoms with van der Waals surface area (Å²) in [6.07, 6.45) is 5.96. The van der Waals surface area contributed by atoms with Crippen LogP contribution in [0.2, 0.25) is 0 Å². The lowest BCUT2D eigenvalue weighted by Gasteiger charge is -2.11. The van der Waals surface area contributed by atoms with Crippen molar-refractivity contribution in [2.45, 2.75) is 13.8 Å². The Balaban J connectivity index is 1.74. The van der Waals surface area contributed by atoms with E-state index in [0.717, 1.165) is 22.0 Å². The zero-order valence-electron chi connectivity index (χ0n) is 16.0. The number of hydrogen-bond acceptors (Lipinski definition) is 4. The molecular formula is C23H18N4OS. The third kappa shape index (κ3) is 2.98. The van der Waals surface area contributed by atoms with Gasteiger partial charge in [-0.2, -0.15) is 0 Å². The van der Waals surface area contributed by atoms with Crippen LogP contribution in [0.25, 0.3) is 33.7 Å².